The zero-order chi connectivity index (χ0) is 15.9. The van der Waals surface area contributed by atoms with Crippen molar-refractivity contribution in [1.29, 1.82) is 0 Å². The van der Waals surface area contributed by atoms with Crippen LogP contribution in [-0.2, 0) is 11.2 Å². The molecule has 0 aliphatic carbocycles. The minimum Gasteiger partial charge on any atom is -0.320 e. The summed E-state index contributed by atoms with van der Waals surface area (Å²) in [6.07, 6.45) is 0.316. The largest absolute Gasteiger partial charge is 0.320 e. The molecule has 2 rings (SSSR count). The van der Waals surface area contributed by atoms with Crippen LogP contribution in [0.1, 0.15) is 15.9 Å². The van der Waals surface area contributed by atoms with Crippen molar-refractivity contribution >= 4 is 23.6 Å². The molecule has 0 saturated heterocycles. The van der Waals surface area contributed by atoms with E-state index in [0.29, 0.717) is 12.0 Å². The van der Waals surface area contributed by atoms with Gasteiger partial charge in [-0.05, 0) is 35.9 Å². The molecule has 0 spiro atoms. The third kappa shape index (κ3) is 3.92. The molecule has 0 radical (unpaired) electrons. The number of rotatable bonds is 5. The highest BCUT2D eigenvalue weighted by molar-refractivity contribution is 6.17. The Kier molecular flexibility index (Phi) is 5.66. The Balaban J connectivity index is 2.10. The minimum atomic E-state index is -0.874. The number of hydrogen-bond acceptors (Lipinski definition) is 4. The van der Waals surface area contributed by atoms with Gasteiger partial charge in [-0.1, -0.05) is 48.5 Å². The molecule has 2 aromatic carbocycles. The fourth-order valence-corrected chi connectivity index (χ4v) is 2.17. The predicted molar refractivity (Wildman–Crippen MR) is 84.7 cm³/mol. The van der Waals surface area contributed by atoms with E-state index >= 15 is 0 Å². The summed E-state index contributed by atoms with van der Waals surface area (Å²) in [5.74, 6) is -1.14. The van der Waals surface area contributed by atoms with E-state index in [-0.39, 0.29) is 0 Å². The summed E-state index contributed by atoms with van der Waals surface area (Å²) in [5.41, 5.74) is 7.15. The lowest BCUT2D eigenvalue weighted by molar-refractivity contribution is -0.131. The van der Waals surface area contributed by atoms with Gasteiger partial charge in [-0.2, -0.15) is 5.01 Å². The van der Waals surface area contributed by atoms with E-state index in [1.165, 1.54) is 0 Å². The molecular formula is C16H16ClN3O2. The van der Waals surface area contributed by atoms with Crippen LogP contribution in [0.5, 0.6) is 0 Å². The normalized spacial score (nSPS) is 11.7. The number of amides is 2. The van der Waals surface area contributed by atoms with E-state index in [9.17, 15) is 9.59 Å². The van der Waals surface area contributed by atoms with Gasteiger partial charge in [-0.15, -0.1) is 4.94 Å². The number of hydrogen-bond donors (Lipinski definition) is 2. The predicted octanol–water partition coefficient (Wildman–Crippen LogP) is 1.88. The number of halogens is 1. The van der Waals surface area contributed by atoms with Crippen molar-refractivity contribution in [2.45, 2.75) is 12.5 Å². The molecule has 22 heavy (non-hydrogen) atoms. The summed E-state index contributed by atoms with van der Waals surface area (Å²) in [4.78, 5) is 26.7. The molecule has 114 valence electrons. The first kappa shape index (κ1) is 16.2. The Morgan fingerprint density at radius 2 is 1.59 bits per heavy atom. The van der Waals surface area contributed by atoms with Crippen molar-refractivity contribution in [1.82, 2.24) is 9.95 Å². The zero-order valence-corrected chi connectivity index (χ0v) is 12.5. The lowest BCUT2D eigenvalue weighted by Crippen LogP contribution is -2.51. The van der Waals surface area contributed by atoms with Gasteiger partial charge in [0, 0.05) is 5.56 Å². The summed E-state index contributed by atoms with van der Waals surface area (Å²) < 4.78 is 0. The van der Waals surface area contributed by atoms with E-state index in [4.69, 9.17) is 17.5 Å². The standard InChI is InChI=1S/C16H16ClN3O2/c17-19-20(15(21)13-9-5-2-6-10-13)16(22)14(18)11-12-7-3-1-4-8-12/h1-10,14,19H,11,18H2/t14-/m0/s1. The van der Waals surface area contributed by atoms with Crippen LogP contribution in [0, 0.1) is 0 Å². The molecule has 0 unspecified atom stereocenters. The summed E-state index contributed by atoms with van der Waals surface area (Å²) >= 11 is 5.53. The first-order valence-electron chi connectivity index (χ1n) is 6.72. The Hall–Kier alpha value is -2.21. The average molecular weight is 318 g/mol. The molecule has 3 N–H and O–H groups in total. The average Bonchev–Trinajstić information content (AvgIpc) is 2.57. The molecule has 0 fully saturated rings. The van der Waals surface area contributed by atoms with Gasteiger partial charge in [0.15, 0.2) is 0 Å². The SMILES string of the molecule is N[C@@H](Cc1ccccc1)C(=O)N(NCl)C(=O)c1ccccc1. The summed E-state index contributed by atoms with van der Waals surface area (Å²) in [5, 5.41) is 0.727. The molecule has 0 bridgehead atoms. The lowest BCUT2D eigenvalue weighted by Gasteiger charge is -2.21. The fourth-order valence-electron chi connectivity index (χ4n) is 2.01. The Bertz CT molecular complexity index is 634. The van der Waals surface area contributed by atoms with Crippen molar-refractivity contribution in [2.75, 3.05) is 0 Å². The van der Waals surface area contributed by atoms with Crippen molar-refractivity contribution < 1.29 is 9.59 Å². The molecule has 5 nitrogen and oxygen atoms in total. The summed E-state index contributed by atoms with van der Waals surface area (Å²) in [7, 11) is 0. The number of carbonyl (C=O) groups excluding carboxylic acids is 2. The summed E-state index contributed by atoms with van der Waals surface area (Å²) in [6.45, 7) is 0. The molecule has 0 aromatic heterocycles. The number of nitrogens with one attached hydrogen (secondary N) is 1. The van der Waals surface area contributed by atoms with E-state index in [1.54, 1.807) is 30.3 Å². The van der Waals surface area contributed by atoms with Gasteiger partial charge in [-0.25, -0.2) is 0 Å². The monoisotopic (exact) mass is 317 g/mol. The Labute approximate surface area is 133 Å². The highest BCUT2D eigenvalue weighted by Crippen LogP contribution is 2.08. The quantitative estimate of drug-likeness (QED) is 0.652. The highest BCUT2D eigenvalue weighted by atomic mass is 35.5. The van der Waals surface area contributed by atoms with Crippen molar-refractivity contribution in [3.8, 4) is 0 Å². The van der Waals surface area contributed by atoms with E-state index < -0.39 is 17.9 Å². The zero-order valence-electron chi connectivity index (χ0n) is 11.8. The maximum absolute atomic E-state index is 12.3. The van der Waals surface area contributed by atoms with Gasteiger partial charge in [0.1, 0.15) is 0 Å². The molecule has 2 aromatic rings. The number of benzene rings is 2. The van der Waals surface area contributed by atoms with Crippen LogP contribution >= 0.6 is 11.8 Å². The van der Waals surface area contributed by atoms with Crippen molar-refractivity contribution in [2.24, 2.45) is 5.73 Å². The fraction of sp³-hybridized carbons (Fsp3) is 0.125. The number of nitrogens with two attached hydrogens (primary N) is 1. The minimum absolute atomic E-state index is 0.316. The van der Waals surface area contributed by atoms with E-state index in [1.807, 2.05) is 30.3 Å². The maximum atomic E-state index is 12.3. The molecule has 0 aliphatic rings. The first-order chi connectivity index (χ1) is 10.6. The number of nitrogens with zero attached hydrogens (tertiary/aromatic N) is 1. The van der Waals surface area contributed by atoms with E-state index in [0.717, 1.165) is 10.6 Å². The van der Waals surface area contributed by atoms with Crippen molar-refractivity contribution in [3.63, 3.8) is 0 Å². The van der Waals surface area contributed by atoms with Crippen molar-refractivity contribution in [3.05, 3.63) is 71.8 Å². The third-order valence-corrected chi connectivity index (χ3v) is 3.31. The second-order valence-electron chi connectivity index (χ2n) is 4.73. The second-order valence-corrected chi connectivity index (χ2v) is 4.89. The molecule has 2 amide bonds. The molecule has 0 saturated carbocycles. The molecule has 6 heteroatoms. The second kappa shape index (κ2) is 7.70. The number of carbonyl (C=O) groups is 2. The first-order valence-corrected chi connectivity index (χ1v) is 7.10. The number of hydrazine groups is 1. The Morgan fingerprint density at radius 3 is 2.14 bits per heavy atom. The van der Waals surface area contributed by atoms with E-state index in [2.05, 4.69) is 4.94 Å². The van der Waals surface area contributed by atoms with Gasteiger partial charge >= 0.3 is 0 Å². The van der Waals surface area contributed by atoms with Crippen LogP contribution in [0.25, 0.3) is 0 Å². The molecule has 1 atom stereocenters. The van der Waals surface area contributed by atoms with Crippen LogP contribution in [0.4, 0.5) is 0 Å². The lowest BCUT2D eigenvalue weighted by atomic mass is 10.1. The van der Waals surface area contributed by atoms with Gasteiger partial charge < -0.3 is 5.73 Å². The molecule has 0 aliphatic heterocycles. The van der Waals surface area contributed by atoms with Gasteiger partial charge in [0.25, 0.3) is 11.8 Å². The van der Waals surface area contributed by atoms with Gasteiger partial charge in [-0.3, -0.25) is 9.59 Å². The van der Waals surface area contributed by atoms with Crippen LogP contribution < -0.4 is 10.7 Å². The summed E-state index contributed by atoms with van der Waals surface area (Å²) in [6, 6.07) is 16.8. The molecule has 0 heterocycles. The van der Waals surface area contributed by atoms with Crippen LogP contribution in [0.3, 0.4) is 0 Å². The van der Waals surface area contributed by atoms with Crippen LogP contribution in [0.15, 0.2) is 60.7 Å². The molecular weight excluding hydrogens is 302 g/mol. The van der Waals surface area contributed by atoms with Gasteiger partial charge in [0.05, 0.1) is 6.04 Å². The number of imide groups is 1. The topological polar surface area (TPSA) is 75.4 Å². The smallest absolute Gasteiger partial charge is 0.276 e. The third-order valence-electron chi connectivity index (χ3n) is 3.14. The maximum Gasteiger partial charge on any atom is 0.276 e. The van der Waals surface area contributed by atoms with Gasteiger partial charge in [0.2, 0.25) is 0 Å². The highest BCUT2D eigenvalue weighted by Gasteiger charge is 2.27. The Morgan fingerprint density at radius 1 is 1.05 bits per heavy atom. The van der Waals surface area contributed by atoms with Crippen LogP contribution in [-0.4, -0.2) is 22.9 Å². The van der Waals surface area contributed by atoms with Crippen LogP contribution in [0.2, 0.25) is 0 Å².